The van der Waals surface area contributed by atoms with Gasteiger partial charge in [0.1, 0.15) is 11.5 Å². The van der Waals surface area contributed by atoms with Crippen molar-refractivity contribution in [1.82, 2.24) is 4.57 Å². The van der Waals surface area contributed by atoms with E-state index in [2.05, 4.69) is 16.7 Å². The molecule has 0 aliphatic rings. The van der Waals surface area contributed by atoms with Gasteiger partial charge in [0.2, 0.25) is 0 Å². The summed E-state index contributed by atoms with van der Waals surface area (Å²) in [5.41, 5.74) is 5.52. The Morgan fingerprint density at radius 3 is 1.64 bits per heavy atom. The molecule has 0 N–H and O–H groups in total. The number of hydrogen-bond donors (Lipinski definition) is 0. The third kappa shape index (κ3) is 3.24. The highest BCUT2D eigenvalue weighted by Crippen LogP contribution is 2.37. The van der Waals surface area contributed by atoms with E-state index in [0.717, 1.165) is 44.6 Å². The topological polar surface area (TPSA) is 71.0 Å². The fourth-order valence-corrected chi connectivity index (χ4v) is 4.34. The molecule has 0 bridgehead atoms. The average molecular weight is 429 g/mol. The lowest BCUT2D eigenvalue weighted by Gasteiger charge is -2.11. The van der Waals surface area contributed by atoms with E-state index in [1.54, 1.807) is 32.4 Å². The van der Waals surface area contributed by atoms with Crippen LogP contribution in [0.2, 0.25) is 0 Å². The highest BCUT2D eigenvalue weighted by atomic mass is 16.5. The minimum Gasteiger partial charge on any atom is -0.497 e. The normalized spacial score (nSPS) is 10.7. The van der Waals surface area contributed by atoms with Gasteiger partial charge >= 0.3 is 0 Å². The van der Waals surface area contributed by atoms with E-state index in [4.69, 9.17) is 9.47 Å². The molecule has 0 saturated heterocycles. The van der Waals surface area contributed by atoms with Gasteiger partial charge in [-0.25, -0.2) is 0 Å². The standard InChI is InChI=1S/C28H19N3O2/c1-32-22-10-12-26-24(14-22)25-15-23(33-2)11-13-27(25)31(26)21-8-6-18(7-9-21)28-19(16-29)4-3-5-20(28)17-30/h3-15H,1-2H3. The van der Waals surface area contributed by atoms with Gasteiger partial charge in [-0.1, -0.05) is 18.2 Å². The first kappa shape index (κ1) is 20.2. The van der Waals surface area contributed by atoms with Crippen molar-refractivity contribution in [2.75, 3.05) is 14.2 Å². The highest BCUT2D eigenvalue weighted by molar-refractivity contribution is 6.10. The molecule has 0 unspecified atom stereocenters. The van der Waals surface area contributed by atoms with E-state index in [9.17, 15) is 10.5 Å². The van der Waals surface area contributed by atoms with Crippen LogP contribution >= 0.6 is 0 Å². The van der Waals surface area contributed by atoms with Gasteiger partial charge < -0.3 is 14.0 Å². The molecule has 0 aliphatic carbocycles. The molecular weight excluding hydrogens is 410 g/mol. The molecule has 5 aromatic rings. The Bertz CT molecular complexity index is 1510. The number of aromatic nitrogens is 1. The average Bonchev–Trinajstić information content (AvgIpc) is 3.20. The maximum Gasteiger partial charge on any atom is 0.119 e. The van der Waals surface area contributed by atoms with Crippen LogP contribution in [-0.4, -0.2) is 18.8 Å². The summed E-state index contributed by atoms with van der Waals surface area (Å²) in [4.78, 5) is 0. The summed E-state index contributed by atoms with van der Waals surface area (Å²) < 4.78 is 13.1. The van der Waals surface area contributed by atoms with Crippen molar-refractivity contribution in [3.05, 3.63) is 90.0 Å². The summed E-state index contributed by atoms with van der Waals surface area (Å²) in [6, 6.07) is 29.6. The first-order valence-electron chi connectivity index (χ1n) is 10.4. The van der Waals surface area contributed by atoms with Gasteiger partial charge in [-0.05, 0) is 66.2 Å². The molecule has 0 aliphatic heterocycles. The number of methoxy groups -OCH3 is 2. The summed E-state index contributed by atoms with van der Waals surface area (Å²) in [7, 11) is 3.32. The van der Waals surface area contributed by atoms with E-state index >= 15 is 0 Å². The van der Waals surface area contributed by atoms with Crippen molar-refractivity contribution in [3.63, 3.8) is 0 Å². The van der Waals surface area contributed by atoms with Crippen molar-refractivity contribution in [2.45, 2.75) is 0 Å². The van der Waals surface area contributed by atoms with Gasteiger partial charge in [0.25, 0.3) is 0 Å². The second-order valence-corrected chi connectivity index (χ2v) is 7.60. The van der Waals surface area contributed by atoms with Crippen LogP contribution in [0.15, 0.2) is 78.9 Å². The number of hydrogen-bond acceptors (Lipinski definition) is 4. The largest absolute Gasteiger partial charge is 0.497 e. The first-order chi connectivity index (χ1) is 16.2. The Labute approximate surface area is 191 Å². The molecule has 5 rings (SSSR count). The van der Waals surface area contributed by atoms with Crippen LogP contribution in [0.25, 0.3) is 38.6 Å². The molecule has 4 aromatic carbocycles. The SMILES string of the molecule is COc1ccc2c(c1)c1cc(OC)ccc1n2-c1ccc(-c2c(C#N)cccc2C#N)cc1. The lowest BCUT2D eigenvalue weighted by atomic mass is 9.95. The van der Waals surface area contributed by atoms with Gasteiger partial charge in [0.15, 0.2) is 0 Å². The monoisotopic (exact) mass is 429 g/mol. The Morgan fingerprint density at radius 1 is 0.667 bits per heavy atom. The van der Waals surface area contributed by atoms with Crippen LogP contribution in [0.4, 0.5) is 0 Å². The number of ether oxygens (including phenoxy) is 2. The predicted molar refractivity (Wildman–Crippen MR) is 129 cm³/mol. The molecule has 5 heteroatoms. The van der Waals surface area contributed by atoms with Crippen molar-refractivity contribution in [1.29, 1.82) is 10.5 Å². The molecule has 0 spiro atoms. The zero-order valence-corrected chi connectivity index (χ0v) is 18.2. The van der Waals surface area contributed by atoms with Gasteiger partial charge in [0.05, 0.1) is 48.5 Å². The van der Waals surface area contributed by atoms with Gasteiger partial charge in [-0.3, -0.25) is 0 Å². The molecule has 0 amide bonds. The molecule has 0 radical (unpaired) electrons. The number of nitriles is 2. The molecule has 1 aromatic heterocycles. The molecule has 33 heavy (non-hydrogen) atoms. The zero-order chi connectivity index (χ0) is 22.9. The predicted octanol–water partition coefficient (Wildman–Crippen LogP) is 6.21. The molecule has 5 nitrogen and oxygen atoms in total. The van der Waals surface area contributed by atoms with Crippen LogP contribution in [0, 0.1) is 22.7 Å². The van der Waals surface area contributed by atoms with Crippen molar-refractivity contribution >= 4 is 21.8 Å². The second kappa shape index (κ2) is 8.07. The lowest BCUT2D eigenvalue weighted by Crippen LogP contribution is -1.95. The molecular formula is C28H19N3O2. The van der Waals surface area contributed by atoms with E-state index in [-0.39, 0.29) is 0 Å². The molecule has 0 atom stereocenters. The van der Waals surface area contributed by atoms with Crippen LogP contribution in [0.5, 0.6) is 11.5 Å². The van der Waals surface area contributed by atoms with Crippen molar-refractivity contribution < 1.29 is 9.47 Å². The fraction of sp³-hybridized carbons (Fsp3) is 0.0714. The lowest BCUT2D eigenvalue weighted by molar-refractivity contribution is 0.415. The minimum atomic E-state index is 0.484. The maximum atomic E-state index is 9.54. The molecule has 1 heterocycles. The van der Waals surface area contributed by atoms with E-state index in [1.807, 2.05) is 60.7 Å². The summed E-state index contributed by atoms with van der Waals surface area (Å²) in [6.07, 6.45) is 0. The van der Waals surface area contributed by atoms with Crippen LogP contribution in [-0.2, 0) is 0 Å². The number of benzene rings is 4. The smallest absolute Gasteiger partial charge is 0.119 e. The van der Waals surface area contributed by atoms with Crippen LogP contribution < -0.4 is 9.47 Å². The Balaban J connectivity index is 1.73. The maximum absolute atomic E-state index is 9.54. The zero-order valence-electron chi connectivity index (χ0n) is 18.2. The van der Waals surface area contributed by atoms with Crippen LogP contribution in [0.3, 0.4) is 0 Å². The highest BCUT2D eigenvalue weighted by Gasteiger charge is 2.15. The summed E-state index contributed by atoms with van der Waals surface area (Å²) in [5, 5.41) is 21.2. The molecule has 0 fully saturated rings. The number of fused-ring (bicyclic) bond motifs is 3. The number of rotatable bonds is 4. The first-order valence-corrected chi connectivity index (χ1v) is 10.4. The third-order valence-corrected chi connectivity index (χ3v) is 5.90. The third-order valence-electron chi connectivity index (χ3n) is 5.90. The second-order valence-electron chi connectivity index (χ2n) is 7.60. The quantitative estimate of drug-likeness (QED) is 0.340. The molecule has 0 saturated carbocycles. The summed E-state index contributed by atoms with van der Waals surface area (Å²) in [5.74, 6) is 1.58. The van der Waals surface area contributed by atoms with Gasteiger partial charge in [0, 0.05) is 22.0 Å². The minimum absolute atomic E-state index is 0.484. The fourth-order valence-electron chi connectivity index (χ4n) is 4.34. The van der Waals surface area contributed by atoms with Gasteiger partial charge in [-0.2, -0.15) is 10.5 Å². The Hall–Kier alpha value is -4.74. The summed E-state index contributed by atoms with van der Waals surface area (Å²) >= 11 is 0. The summed E-state index contributed by atoms with van der Waals surface area (Å²) in [6.45, 7) is 0. The van der Waals surface area contributed by atoms with E-state index in [1.165, 1.54) is 0 Å². The van der Waals surface area contributed by atoms with Crippen LogP contribution in [0.1, 0.15) is 11.1 Å². The molecule has 158 valence electrons. The van der Waals surface area contributed by atoms with Crippen molar-refractivity contribution in [3.8, 4) is 40.5 Å². The number of nitrogens with zero attached hydrogens (tertiary/aromatic N) is 3. The Kier molecular flexibility index (Phi) is 4.94. The van der Waals surface area contributed by atoms with Crippen molar-refractivity contribution in [2.24, 2.45) is 0 Å². The van der Waals surface area contributed by atoms with Gasteiger partial charge in [-0.15, -0.1) is 0 Å². The Morgan fingerprint density at radius 2 is 1.18 bits per heavy atom. The van der Waals surface area contributed by atoms with E-state index < -0.39 is 0 Å². The van der Waals surface area contributed by atoms with E-state index in [0.29, 0.717) is 16.7 Å².